The maximum absolute atomic E-state index is 12.0. The van der Waals surface area contributed by atoms with Crippen LogP contribution in [0.3, 0.4) is 0 Å². The lowest BCUT2D eigenvalue weighted by molar-refractivity contribution is 0.0959. The maximum atomic E-state index is 12.0. The first-order chi connectivity index (χ1) is 8.58. The third-order valence-electron chi connectivity index (χ3n) is 3.86. The summed E-state index contributed by atoms with van der Waals surface area (Å²) in [5.74, 6) is 1.04. The van der Waals surface area contributed by atoms with Gasteiger partial charge in [0.25, 0.3) is 0 Å². The second kappa shape index (κ2) is 5.85. The van der Waals surface area contributed by atoms with Crippen LogP contribution in [0.25, 0.3) is 0 Å². The fraction of sp³-hybridized carbons (Fsp3) is 0.533. The van der Waals surface area contributed by atoms with E-state index in [1.165, 1.54) is 12.8 Å². The average Bonchev–Trinajstić information content (AvgIpc) is 3.19. The fourth-order valence-electron chi connectivity index (χ4n) is 2.20. The van der Waals surface area contributed by atoms with E-state index in [9.17, 15) is 4.79 Å². The highest BCUT2D eigenvalue weighted by Crippen LogP contribution is 2.34. The monoisotopic (exact) mass is 265 g/mol. The summed E-state index contributed by atoms with van der Waals surface area (Å²) in [7, 11) is 2.11. The van der Waals surface area contributed by atoms with Crippen LogP contribution in [0.15, 0.2) is 24.3 Å². The second-order valence-electron chi connectivity index (χ2n) is 5.24. The number of Topliss-reactive ketones (excluding diaryl/α,β-unsaturated/α-hetero) is 1. The van der Waals surface area contributed by atoms with Crippen LogP contribution in [0, 0.1) is 5.92 Å². The molecule has 0 N–H and O–H groups in total. The molecule has 1 unspecified atom stereocenters. The molecule has 1 atom stereocenters. The predicted octanol–water partition coefficient (Wildman–Crippen LogP) is 3.64. The molecule has 3 heteroatoms. The molecule has 0 bridgehead atoms. The normalized spacial score (nSPS) is 16.9. The van der Waals surface area contributed by atoms with Crippen LogP contribution in [-0.2, 0) is 0 Å². The molecule has 0 radical (unpaired) electrons. The van der Waals surface area contributed by atoms with Gasteiger partial charge in [0.05, 0.1) is 0 Å². The van der Waals surface area contributed by atoms with Crippen molar-refractivity contribution in [2.75, 3.05) is 13.6 Å². The van der Waals surface area contributed by atoms with E-state index in [2.05, 4.69) is 18.9 Å². The number of ketones is 1. The Bertz CT molecular complexity index is 411. The van der Waals surface area contributed by atoms with Crippen LogP contribution in [0.2, 0.25) is 5.02 Å². The van der Waals surface area contributed by atoms with Crippen molar-refractivity contribution in [1.82, 2.24) is 4.90 Å². The molecule has 0 aromatic heterocycles. The van der Waals surface area contributed by atoms with Crippen molar-refractivity contribution >= 4 is 17.4 Å². The smallest absolute Gasteiger partial charge is 0.164 e. The van der Waals surface area contributed by atoms with Crippen molar-refractivity contribution in [3.05, 3.63) is 34.9 Å². The van der Waals surface area contributed by atoms with Crippen molar-refractivity contribution in [1.29, 1.82) is 0 Å². The predicted molar refractivity (Wildman–Crippen MR) is 75.2 cm³/mol. The molecule has 0 aliphatic heterocycles. The van der Waals surface area contributed by atoms with Crippen LogP contribution < -0.4 is 0 Å². The second-order valence-corrected chi connectivity index (χ2v) is 5.68. The number of benzene rings is 1. The first-order valence-electron chi connectivity index (χ1n) is 6.57. The number of hydrogen-bond acceptors (Lipinski definition) is 2. The Labute approximate surface area is 114 Å². The lowest BCUT2D eigenvalue weighted by Crippen LogP contribution is -2.32. The van der Waals surface area contributed by atoms with E-state index in [0.29, 0.717) is 17.5 Å². The van der Waals surface area contributed by atoms with Crippen LogP contribution in [0.4, 0.5) is 0 Å². The van der Waals surface area contributed by atoms with Crippen LogP contribution >= 0.6 is 11.6 Å². The van der Waals surface area contributed by atoms with Gasteiger partial charge >= 0.3 is 0 Å². The Balaban J connectivity index is 1.82. The van der Waals surface area contributed by atoms with Crippen molar-refractivity contribution in [2.24, 2.45) is 5.92 Å². The summed E-state index contributed by atoms with van der Waals surface area (Å²) >= 11 is 5.81. The summed E-state index contributed by atoms with van der Waals surface area (Å²) in [5.41, 5.74) is 0.756. The molecule has 0 spiro atoms. The highest BCUT2D eigenvalue weighted by Gasteiger charge is 2.30. The highest BCUT2D eigenvalue weighted by molar-refractivity contribution is 6.30. The zero-order valence-corrected chi connectivity index (χ0v) is 11.8. The Morgan fingerprint density at radius 2 is 2.00 bits per heavy atom. The van der Waals surface area contributed by atoms with Gasteiger partial charge in [0.15, 0.2) is 5.78 Å². The molecule has 1 aliphatic rings. The van der Waals surface area contributed by atoms with Crippen molar-refractivity contribution in [3.8, 4) is 0 Å². The van der Waals surface area contributed by atoms with Gasteiger partial charge in [-0.05, 0) is 57.0 Å². The highest BCUT2D eigenvalue weighted by atomic mass is 35.5. The summed E-state index contributed by atoms with van der Waals surface area (Å²) in [6.45, 7) is 3.09. The third-order valence-corrected chi connectivity index (χ3v) is 4.11. The van der Waals surface area contributed by atoms with Gasteiger partial charge in [0.2, 0.25) is 0 Å². The number of rotatable bonds is 6. The first kappa shape index (κ1) is 13.6. The molecule has 1 fully saturated rings. The summed E-state index contributed by atoms with van der Waals surface area (Å²) in [6, 6.07) is 7.74. The Morgan fingerprint density at radius 1 is 1.39 bits per heavy atom. The minimum Gasteiger partial charge on any atom is -0.303 e. The summed E-state index contributed by atoms with van der Waals surface area (Å²) in [5, 5.41) is 0.672. The van der Waals surface area contributed by atoms with E-state index in [4.69, 9.17) is 11.6 Å². The minimum absolute atomic E-state index is 0.196. The van der Waals surface area contributed by atoms with Gasteiger partial charge in [-0.15, -0.1) is 0 Å². The Morgan fingerprint density at radius 3 is 2.56 bits per heavy atom. The van der Waals surface area contributed by atoms with E-state index >= 15 is 0 Å². The summed E-state index contributed by atoms with van der Waals surface area (Å²) in [4.78, 5) is 14.3. The lowest BCUT2D eigenvalue weighted by atomic mass is 10.1. The Hall–Kier alpha value is -0.860. The number of hydrogen-bond donors (Lipinski definition) is 0. The van der Waals surface area contributed by atoms with Crippen molar-refractivity contribution in [2.45, 2.75) is 32.2 Å². The number of nitrogens with zero attached hydrogens (tertiary/aromatic N) is 1. The van der Waals surface area contributed by atoms with Crippen LogP contribution in [0.1, 0.15) is 36.5 Å². The van der Waals surface area contributed by atoms with E-state index in [0.717, 1.165) is 18.0 Å². The van der Waals surface area contributed by atoms with Gasteiger partial charge in [-0.25, -0.2) is 0 Å². The third kappa shape index (κ3) is 3.56. The van der Waals surface area contributed by atoms with Gasteiger partial charge in [-0.2, -0.15) is 0 Å². The molecular formula is C15H20ClNO. The molecule has 0 heterocycles. The molecule has 18 heavy (non-hydrogen) atoms. The maximum Gasteiger partial charge on any atom is 0.164 e. The summed E-state index contributed by atoms with van der Waals surface area (Å²) < 4.78 is 0. The number of carbonyl (C=O) groups excluding carboxylic acids is 1. The Kier molecular flexibility index (Phi) is 4.41. The lowest BCUT2D eigenvalue weighted by Gasteiger charge is -2.24. The topological polar surface area (TPSA) is 20.3 Å². The van der Waals surface area contributed by atoms with Gasteiger partial charge in [-0.3, -0.25) is 4.79 Å². The SMILES string of the molecule is CC(C1CC1)N(C)CCC(=O)c1ccc(Cl)cc1. The molecule has 0 saturated heterocycles. The largest absolute Gasteiger partial charge is 0.303 e. The van der Waals surface area contributed by atoms with Gasteiger partial charge in [0, 0.05) is 29.6 Å². The standard InChI is InChI=1S/C15H20ClNO/c1-11(12-3-4-12)17(2)10-9-15(18)13-5-7-14(16)8-6-13/h5-8,11-12H,3-4,9-10H2,1-2H3. The van der Waals surface area contributed by atoms with Gasteiger partial charge in [0.1, 0.15) is 0 Å². The molecular weight excluding hydrogens is 246 g/mol. The molecule has 2 nitrogen and oxygen atoms in total. The van der Waals surface area contributed by atoms with Crippen LogP contribution in [0.5, 0.6) is 0 Å². The fourth-order valence-corrected chi connectivity index (χ4v) is 2.33. The average molecular weight is 266 g/mol. The minimum atomic E-state index is 0.196. The number of halogens is 1. The molecule has 1 aromatic rings. The van der Waals surface area contributed by atoms with E-state index in [1.807, 2.05) is 0 Å². The molecule has 1 aromatic carbocycles. The molecule has 2 rings (SSSR count). The first-order valence-corrected chi connectivity index (χ1v) is 6.94. The zero-order valence-electron chi connectivity index (χ0n) is 11.0. The van der Waals surface area contributed by atoms with Crippen molar-refractivity contribution < 1.29 is 4.79 Å². The van der Waals surface area contributed by atoms with Gasteiger partial charge < -0.3 is 4.90 Å². The van der Waals surface area contributed by atoms with E-state index < -0.39 is 0 Å². The van der Waals surface area contributed by atoms with E-state index in [1.54, 1.807) is 24.3 Å². The van der Waals surface area contributed by atoms with Gasteiger partial charge in [-0.1, -0.05) is 11.6 Å². The molecule has 1 aliphatic carbocycles. The zero-order chi connectivity index (χ0) is 13.1. The van der Waals surface area contributed by atoms with Crippen LogP contribution in [-0.4, -0.2) is 30.3 Å². The molecule has 0 amide bonds. The van der Waals surface area contributed by atoms with E-state index in [-0.39, 0.29) is 5.78 Å². The van der Waals surface area contributed by atoms with Crippen molar-refractivity contribution in [3.63, 3.8) is 0 Å². The molecule has 1 saturated carbocycles. The molecule has 98 valence electrons. The summed E-state index contributed by atoms with van der Waals surface area (Å²) in [6.07, 6.45) is 3.27. The number of carbonyl (C=O) groups is 1. The quantitative estimate of drug-likeness (QED) is 0.732.